The summed E-state index contributed by atoms with van der Waals surface area (Å²) in [4.78, 5) is 12.1. The van der Waals surface area contributed by atoms with Gasteiger partial charge in [-0.2, -0.15) is 11.3 Å². The molecule has 1 aromatic heterocycles. The molecule has 1 aromatic carbocycles. The van der Waals surface area contributed by atoms with Gasteiger partial charge in [0.05, 0.1) is 19.2 Å². The highest BCUT2D eigenvalue weighted by atomic mass is 32.1. The zero-order valence-electron chi connectivity index (χ0n) is 11.4. The van der Waals surface area contributed by atoms with Crippen LogP contribution < -0.4 is 10.1 Å². The Morgan fingerprint density at radius 1 is 1.40 bits per heavy atom. The molecule has 1 heterocycles. The third-order valence-corrected chi connectivity index (χ3v) is 3.77. The molecule has 0 aliphatic rings. The van der Waals surface area contributed by atoms with Crippen LogP contribution in [-0.2, 0) is 5.60 Å². The highest BCUT2D eigenvalue weighted by Crippen LogP contribution is 2.23. The first-order valence-corrected chi connectivity index (χ1v) is 7.15. The number of ether oxygens (including phenoxy) is 1. The lowest BCUT2D eigenvalue weighted by Crippen LogP contribution is -2.38. The summed E-state index contributed by atoms with van der Waals surface area (Å²) in [5.41, 5.74) is 0.163. The number of methoxy groups -OCH3 is 1. The molecule has 0 fully saturated rings. The van der Waals surface area contributed by atoms with Crippen molar-refractivity contribution in [1.82, 2.24) is 5.32 Å². The van der Waals surface area contributed by atoms with Crippen LogP contribution >= 0.6 is 11.3 Å². The third-order valence-electron chi connectivity index (χ3n) is 3.09. The van der Waals surface area contributed by atoms with E-state index in [9.17, 15) is 9.90 Å². The molecule has 0 saturated heterocycles. The topological polar surface area (TPSA) is 58.6 Å². The maximum atomic E-state index is 12.1. The Morgan fingerprint density at radius 2 is 2.15 bits per heavy atom. The Hall–Kier alpha value is -1.85. The number of benzene rings is 1. The predicted octanol–water partition coefficient (Wildman–Crippen LogP) is 2.39. The van der Waals surface area contributed by atoms with Gasteiger partial charge in [-0.15, -0.1) is 0 Å². The minimum absolute atomic E-state index is 0.139. The average molecular weight is 291 g/mol. The number of amides is 1. The number of hydrogen-bond donors (Lipinski definition) is 2. The highest BCUT2D eigenvalue weighted by Gasteiger charge is 2.24. The maximum Gasteiger partial charge on any atom is 0.255 e. The van der Waals surface area contributed by atoms with Gasteiger partial charge in [0.15, 0.2) is 0 Å². The fourth-order valence-corrected chi connectivity index (χ4v) is 2.64. The molecular weight excluding hydrogens is 274 g/mol. The molecule has 0 saturated carbocycles. The van der Waals surface area contributed by atoms with E-state index in [1.165, 1.54) is 18.4 Å². The molecule has 1 atom stereocenters. The van der Waals surface area contributed by atoms with Crippen molar-refractivity contribution >= 4 is 17.2 Å². The number of hydrogen-bond acceptors (Lipinski definition) is 4. The van der Waals surface area contributed by atoms with E-state index in [1.54, 1.807) is 31.2 Å². The van der Waals surface area contributed by atoms with Gasteiger partial charge < -0.3 is 15.2 Å². The number of carbonyl (C=O) groups excluding carboxylic acids is 1. The average Bonchev–Trinajstić information content (AvgIpc) is 3.00. The van der Waals surface area contributed by atoms with Crippen molar-refractivity contribution in [2.24, 2.45) is 0 Å². The molecule has 0 spiro atoms. The van der Waals surface area contributed by atoms with E-state index in [0.29, 0.717) is 11.3 Å². The fourth-order valence-electron chi connectivity index (χ4n) is 1.85. The molecule has 106 valence electrons. The molecular formula is C15H17NO3S. The lowest BCUT2D eigenvalue weighted by atomic mass is 9.99. The van der Waals surface area contributed by atoms with Crippen molar-refractivity contribution < 1.29 is 14.6 Å². The molecule has 20 heavy (non-hydrogen) atoms. The number of para-hydroxylation sites is 1. The lowest BCUT2D eigenvalue weighted by Gasteiger charge is -2.23. The molecule has 0 radical (unpaired) electrons. The summed E-state index contributed by atoms with van der Waals surface area (Å²) in [5.74, 6) is 0.248. The first-order chi connectivity index (χ1) is 9.54. The Bertz CT molecular complexity index is 579. The number of nitrogens with one attached hydrogen (secondary N) is 1. The molecule has 0 aliphatic heterocycles. The number of thiophene rings is 1. The molecule has 2 N–H and O–H groups in total. The SMILES string of the molecule is COc1ccccc1C(=O)NCC(C)(O)c1ccsc1. The van der Waals surface area contributed by atoms with Crippen molar-refractivity contribution in [3.05, 3.63) is 52.2 Å². The molecule has 1 amide bonds. The van der Waals surface area contributed by atoms with Gasteiger partial charge >= 0.3 is 0 Å². The van der Waals surface area contributed by atoms with Crippen LogP contribution in [0.15, 0.2) is 41.1 Å². The summed E-state index contributed by atoms with van der Waals surface area (Å²) >= 11 is 1.51. The van der Waals surface area contributed by atoms with Gasteiger partial charge in [-0.3, -0.25) is 4.79 Å². The van der Waals surface area contributed by atoms with Gasteiger partial charge in [0, 0.05) is 0 Å². The Labute approximate surface area is 122 Å². The minimum Gasteiger partial charge on any atom is -0.496 e. The molecule has 2 rings (SSSR count). The van der Waals surface area contributed by atoms with Crippen molar-refractivity contribution in [2.75, 3.05) is 13.7 Å². The molecule has 0 aliphatic carbocycles. The molecule has 2 aromatic rings. The van der Waals surface area contributed by atoms with Crippen LogP contribution in [0.1, 0.15) is 22.8 Å². The highest BCUT2D eigenvalue weighted by molar-refractivity contribution is 7.08. The summed E-state index contributed by atoms with van der Waals surface area (Å²) in [6.45, 7) is 1.82. The van der Waals surface area contributed by atoms with Gasteiger partial charge in [-0.25, -0.2) is 0 Å². The summed E-state index contributed by atoms with van der Waals surface area (Å²) < 4.78 is 5.15. The van der Waals surface area contributed by atoms with E-state index in [2.05, 4.69) is 5.32 Å². The van der Waals surface area contributed by atoms with Gasteiger partial charge in [0.2, 0.25) is 0 Å². The second-order valence-electron chi connectivity index (χ2n) is 4.67. The second kappa shape index (κ2) is 6.07. The van der Waals surface area contributed by atoms with Crippen LogP contribution in [-0.4, -0.2) is 24.7 Å². The van der Waals surface area contributed by atoms with Crippen LogP contribution in [0, 0.1) is 0 Å². The van der Waals surface area contributed by atoms with Crippen LogP contribution in [0.25, 0.3) is 0 Å². The van der Waals surface area contributed by atoms with E-state index in [4.69, 9.17) is 4.74 Å². The van der Waals surface area contributed by atoms with Gasteiger partial charge in [0.1, 0.15) is 11.4 Å². The van der Waals surface area contributed by atoms with Gasteiger partial charge in [-0.05, 0) is 41.4 Å². The fraction of sp³-hybridized carbons (Fsp3) is 0.267. The van der Waals surface area contributed by atoms with Crippen molar-refractivity contribution in [3.63, 3.8) is 0 Å². The van der Waals surface area contributed by atoms with Crippen LogP contribution in [0.2, 0.25) is 0 Å². The Balaban J connectivity index is 2.06. The minimum atomic E-state index is -1.09. The zero-order valence-corrected chi connectivity index (χ0v) is 12.2. The lowest BCUT2D eigenvalue weighted by molar-refractivity contribution is 0.0529. The predicted molar refractivity (Wildman–Crippen MR) is 79.2 cm³/mol. The second-order valence-corrected chi connectivity index (χ2v) is 5.45. The largest absolute Gasteiger partial charge is 0.496 e. The quantitative estimate of drug-likeness (QED) is 0.889. The van der Waals surface area contributed by atoms with E-state index >= 15 is 0 Å². The monoisotopic (exact) mass is 291 g/mol. The van der Waals surface area contributed by atoms with E-state index < -0.39 is 5.60 Å². The first-order valence-electron chi connectivity index (χ1n) is 6.21. The molecule has 5 heteroatoms. The van der Waals surface area contributed by atoms with E-state index in [-0.39, 0.29) is 12.5 Å². The van der Waals surface area contributed by atoms with Crippen LogP contribution in [0.4, 0.5) is 0 Å². The van der Waals surface area contributed by atoms with Crippen molar-refractivity contribution in [1.29, 1.82) is 0 Å². The summed E-state index contributed by atoms with van der Waals surface area (Å²) in [6.07, 6.45) is 0. The molecule has 0 bridgehead atoms. The Kier molecular flexibility index (Phi) is 4.42. The molecule has 4 nitrogen and oxygen atoms in total. The number of carbonyl (C=O) groups is 1. The summed E-state index contributed by atoms with van der Waals surface area (Å²) in [7, 11) is 1.52. The van der Waals surface area contributed by atoms with Crippen LogP contribution in [0.5, 0.6) is 5.75 Å². The summed E-state index contributed by atoms with van der Waals surface area (Å²) in [6, 6.07) is 8.84. The van der Waals surface area contributed by atoms with E-state index in [0.717, 1.165) is 5.56 Å². The normalized spacial score (nSPS) is 13.6. The van der Waals surface area contributed by atoms with Crippen LogP contribution in [0.3, 0.4) is 0 Å². The summed E-state index contributed by atoms with van der Waals surface area (Å²) in [5, 5.41) is 16.9. The Morgan fingerprint density at radius 3 is 2.80 bits per heavy atom. The smallest absolute Gasteiger partial charge is 0.255 e. The van der Waals surface area contributed by atoms with E-state index in [1.807, 2.05) is 16.8 Å². The maximum absolute atomic E-state index is 12.1. The molecule has 1 unspecified atom stereocenters. The van der Waals surface area contributed by atoms with Crippen molar-refractivity contribution in [3.8, 4) is 5.75 Å². The van der Waals surface area contributed by atoms with Crippen molar-refractivity contribution in [2.45, 2.75) is 12.5 Å². The third kappa shape index (κ3) is 3.18. The number of aliphatic hydroxyl groups is 1. The first kappa shape index (κ1) is 14.6. The number of rotatable bonds is 5. The standard InChI is InChI=1S/C15H17NO3S/c1-15(18,11-7-8-20-9-11)10-16-14(17)12-5-3-4-6-13(12)19-2/h3-9,18H,10H2,1-2H3,(H,16,17). The van der Waals surface area contributed by atoms with Gasteiger partial charge in [-0.1, -0.05) is 12.1 Å². The zero-order chi connectivity index (χ0) is 14.6. The van der Waals surface area contributed by atoms with Gasteiger partial charge in [0.25, 0.3) is 5.91 Å².